The summed E-state index contributed by atoms with van der Waals surface area (Å²) in [7, 11) is -9.91. The van der Waals surface area contributed by atoms with Gasteiger partial charge in [-0.1, -0.05) is 337 Å². The third-order valence-electron chi connectivity index (χ3n) is 18.0. The Hall–Kier alpha value is -1.94. The first-order chi connectivity index (χ1) is 45.8. The van der Waals surface area contributed by atoms with Crippen molar-refractivity contribution in [3.63, 3.8) is 0 Å². The second kappa shape index (κ2) is 66.6. The molecule has 0 aromatic rings. The molecule has 0 bridgehead atoms. The van der Waals surface area contributed by atoms with Crippen molar-refractivity contribution >= 4 is 39.5 Å². The molecule has 0 saturated carbocycles. The van der Waals surface area contributed by atoms with E-state index >= 15 is 0 Å². The van der Waals surface area contributed by atoms with Gasteiger partial charge in [0.25, 0.3) is 0 Å². The molecule has 0 aliphatic rings. The Bertz CT molecular complexity index is 1850. The Kier molecular flexibility index (Phi) is 65.2. The number of carbonyl (C=O) groups is 4. The summed E-state index contributed by atoms with van der Waals surface area (Å²) in [5.74, 6) is 0.219. The van der Waals surface area contributed by atoms with E-state index in [1.807, 2.05) is 0 Å². The molecule has 0 fully saturated rings. The molecule has 0 aromatic heterocycles. The van der Waals surface area contributed by atoms with E-state index in [0.29, 0.717) is 25.7 Å². The first-order valence-electron chi connectivity index (χ1n) is 39.4. The summed E-state index contributed by atoms with van der Waals surface area (Å²) in [5, 5.41) is 10.6. The van der Waals surface area contributed by atoms with Crippen molar-refractivity contribution in [1.82, 2.24) is 0 Å². The molecule has 0 heterocycles. The zero-order chi connectivity index (χ0) is 70.1. The number of unbranched alkanes of at least 4 members (excludes halogenated alkanes) is 41. The molecular formula is C76H148O17P2. The number of phosphoric acid groups is 2. The van der Waals surface area contributed by atoms with Crippen molar-refractivity contribution in [1.29, 1.82) is 0 Å². The summed E-state index contributed by atoms with van der Waals surface area (Å²) in [4.78, 5) is 72.8. The molecule has 3 N–H and O–H groups in total. The van der Waals surface area contributed by atoms with Gasteiger partial charge in [-0.15, -0.1) is 0 Å². The SMILES string of the molecule is CCCCCCCCCCCCCC(=O)OC[C@H](COP(=O)(O)OC[C@H](O)COP(=O)(O)OC[C@@H](COC(=O)CCCCCCCCCCCCC(C)C)OC(=O)CCCCCCCCCCCCCCCCCCC(C)C)OC(=O)CCCCCCCCCCC(C)CC. The Morgan fingerprint density at radius 3 is 0.800 bits per heavy atom. The van der Waals surface area contributed by atoms with Crippen LogP contribution >= 0.6 is 15.6 Å². The van der Waals surface area contributed by atoms with Crippen LogP contribution < -0.4 is 0 Å². The van der Waals surface area contributed by atoms with Gasteiger partial charge in [-0.3, -0.25) is 37.3 Å². The molecule has 95 heavy (non-hydrogen) atoms. The molecule has 0 spiro atoms. The third kappa shape index (κ3) is 69.0. The van der Waals surface area contributed by atoms with Crippen LogP contribution in [0.15, 0.2) is 0 Å². The molecule has 564 valence electrons. The maximum atomic E-state index is 13.1. The highest BCUT2D eigenvalue weighted by atomic mass is 31.2. The fraction of sp³-hybridized carbons (Fsp3) is 0.947. The van der Waals surface area contributed by atoms with Gasteiger partial charge < -0.3 is 33.8 Å². The number of aliphatic hydroxyl groups is 1. The first kappa shape index (κ1) is 93.1. The lowest BCUT2D eigenvalue weighted by atomic mass is 9.99. The van der Waals surface area contributed by atoms with Crippen LogP contribution in [0.5, 0.6) is 0 Å². The van der Waals surface area contributed by atoms with Crippen molar-refractivity contribution in [2.75, 3.05) is 39.6 Å². The minimum Gasteiger partial charge on any atom is -0.462 e. The van der Waals surface area contributed by atoms with Crippen molar-refractivity contribution in [3.8, 4) is 0 Å². The molecule has 0 aliphatic heterocycles. The van der Waals surface area contributed by atoms with E-state index in [9.17, 15) is 43.2 Å². The van der Waals surface area contributed by atoms with Crippen molar-refractivity contribution < 1.29 is 80.2 Å². The van der Waals surface area contributed by atoms with Crippen molar-refractivity contribution in [2.45, 2.75) is 407 Å². The molecule has 19 heteroatoms. The van der Waals surface area contributed by atoms with Gasteiger partial charge in [0.05, 0.1) is 26.4 Å². The minimum atomic E-state index is -4.96. The van der Waals surface area contributed by atoms with Crippen LogP contribution in [0, 0.1) is 17.8 Å². The lowest BCUT2D eigenvalue weighted by Crippen LogP contribution is -2.30. The van der Waals surface area contributed by atoms with E-state index in [1.165, 1.54) is 199 Å². The first-order valence-corrected chi connectivity index (χ1v) is 42.4. The number of esters is 4. The van der Waals surface area contributed by atoms with E-state index in [1.54, 1.807) is 0 Å². The van der Waals surface area contributed by atoms with Gasteiger partial charge in [0, 0.05) is 25.7 Å². The predicted molar refractivity (Wildman–Crippen MR) is 386 cm³/mol. The van der Waals surface area contributed by atoms with E-state index in [0.717, 1.165) is 108 Å². The number of hydrogen-bond donors (Lipinski definition) is 3. The Labute approximate surface area is 581 Å². The van der Waals surface area contributed by atoms with E-state index in [4.69, 9.17) is 37.0 Å². The highest BCUT2D eigenvalue weighted by Gasteiger charge is 2.30. The topological polar surface area (TPSA) is 237 Å². The molecule has 0 saturated heterocycles. The van der Waals surface area contributed by atoms with Gasteiger partial charge in [0.1, 0.15) is 19.3 Å². The molecule has 17 nitrogen and oxygen atoms in total. The van der Waals surface area contributed by atoms with Gasteiger partial charge >= 0.3 is 39.5 Å². The van der Waals surface area contributed by atoms with E-state index in [2.05, 4.69) is 48.5 Å². The molecule has 3 unspecified atom stereocenters. The van der Waals surface area contributed by atoms with Gasteiger partial charge in [-0.05, 0) is 43.4 Å². The van der Waals surface area contributed by atoms with E-state index in [-0.39, 0.29) is 25.7 Å². The summed E-state index contributed by atoms with van der Waals surface area (Å²) in [6.45, 7) is 11.9. The molecule has 0 aliphatic carbocycles. The van der Waals surface area contributed by atoms with Gasteiger partial charge in [0.15, 0.2) is 12.2 Å². The maximum Gasteiger partial charge on any atom is 0.472 e. The van der Waals surface area contributed by atoms with Gasteiger partial charge in [-0.25, -0.2) is 9.13 Å². The summed E-state index contributed by atoms with van der Waals surface area (Å²) < 4.78 is 68.5. The Morgan fingerprint density at radius 1 is 0.305 bits per heavy atom. The molecule has 0 radical (unpaired) electrons. The van der Waals surface area contributed by atoms with Crippen LogP contribution in [0.3, 0.4) is 0 Å². The predicted octanol–water partition coefficient (Wildman–Crippen LogP) is 22.2. The van der Waals surface area contributed by atoms with Crippen molar-refractivity contribution in [2.24, 2.45) is 17.8 Å². The number of carbonyl (C=O) groups excluding carboxylic acids is 4. The molecule has 0 rings (SSSR count). The van der Waals surface area contributed by atoms with Crippen LogP contribution in [0.1, 0.15) is 389 Å². The number of ether oxygens (including phenoxy) is 4. The quantitative estimate of drug-likeness (QED) is 0.0222. The molecule has 0 amide bonds. The molecule has 0 aromatic carbocycles. The average Bonchev–Trinajstić information content (AvgIpc) is 1.64. The Morgan fingerprint density at radius 2 is 0.537 bits per heavy atom. The third-order valence-corrected chi connectivity index (χ3v) is 19.9. The van der Waals surface area contributed by atoms with Gasteiger partial charge in [-0.2, -0.15) is 0 Å². The largest absolute Gasteiger partial charge is 0.472 e. The summed E-state index contributed by atoms with van der Waals surface area (Å²) >= 11 is 0. The second-order valence-electron chi connectivity index (χ2n) is 28.6. The number of aliphatic hydroxyl groups excluding tert-OH is 1. The van der Waals surface area contributed by atoms with E-state index < -0.39 is 97.5 Å². The fourth-order valence-electron chi connectivity index (χ4n) is 11.6. The lowest BCUT2D eigenvalue weighted by Gasteiger charge is -2.21. The average molecular weight is 1400 g/mol. The smallest absolute Gasteiger partial charge is 0.462 e. The van der Waals surface area contributed by atoms with Crippen LogP contribution in [0.4, 0.5) is 0 Å². The number of rotatable bonds is 74. The monoisotopic (exact) mass is 1400 g/mol. The van der Waals surface area contributed by atoms with Crippen LogP contribution in [0.2, 0.25) is 0 Å². The minimum absolute atomic E-state index is 0.105. The maximum absolute atomic E-state index is 13.1. The fourth-order valence-corrected chi connectivity index (χ4v) is 13.1. The van der Waals surface area contributed by atoms with Crippen molar-refractivity contribution in [3.05, 3.63) is 0 Å². The molecular weight excluding hydrogens is 1250 g/mol. The number of phosphoric ester groups is 2. The standard InChI is InChI=1S/C76H148O17P2/c1-8-10-11-12-13-14-21-28-36-43-50-57-73(78)86-64-72(93-76(81)60-53-46-39-32-31-35-42-49-56-69(7)9-2)66-91-95(84,85)89-62-70(77)61-88-94(82,83)90-65-71(63-87-74(79)58-51-44-37-29-25-24-27-34-41-48-55-68(5)6)92-75(80)59-52-45-38-30-23-20-18-16-15-17-19-22-26-33-40-47-54-67(3)4/h67-72,77H,8-66H2,1-7H3,(H,82,83)(H,84,85)/t69?,70-,71-,72-/m1/s1. The lowest BCUT2D eigenvalue weighted by molar-refractivity contribution is -0.161. The highest BCUT2D eigenvalue weighted by molar-refractivity contribution is 7.47. The Balaban J connectivity index is 5.24. The zero-order valence-electron chi connectivity index (χ0n) is 62.1. The zero-order valence-corrected chi connectivity index (χ0v) is 63.9. The van der Waals surface area contributed by atoms with Gasteiger partial charge in [0.2, 0.25) is 0 Å². The van der Waals surface area contributed by atoms with Crippen LogP contribution in [-0.4, -0.2) is 96.7 Å². The summed E-state index contributed by atoms with van der Waals surface area (Å²) in [6.07, 6.45) is 52.6. The van der Waals surface area contributed by atoms with Crippen LogP contribution in [-0.2, 0) is 65.4 Å². The second-order valence-corrected chi connectivity index (χ2v) is 31.5. The summed E-state index contributed by atoms with van der Waals surface area (Å²) in [6, 6.07) is 0. The highest BCUT2D eigenvalue weighted by Crippen LogP contribution is 2.45. The van der Waals surface area contributed by atoms with Crippen LogP contribution in [0.25, 0.3) is 0 Å². The normalized spacial score (nSPS) is 14.4. The molecule has 6 atom stereocenters. The summed E-state index contributed by atoms with van der Waals surface area (Å²) in [5.41, 5.74) is 0. The number of hydrogen-bond acceptors (Lipinski definition) is 15.